The average molecular weight is 350 g/mol. The Morgan fingerprint density at radius 2 is 1.44 bits per heavy atom. The maximum Gasteiger partial charge on any atom is 0.266 e. The molecule has 1 aliphatic heterocycles. The summed E-state index contributed by atoms with van der Waals surface area (Å²) < 4.78 is 0. The van der Waals surface area contributed by atoms with Crippen molar-refractivity contribution < 1.29 is 14.7 Å². The Balaban J connectivity index is 1.81. The summed E-state index contributed by atoms with van der Waals surface area (Å²) in [6, 6.07) is 11.8. The average Bonchev–Trinajstić information content (AvgIpc) is 3.03. The fraction of sp³-hybridized carbons (Fsp3) is 0.100. The Kier molecular flexibility index (Phi) is 2.80. The molecule has 0 unspecified atom stereocenters. The van der Waals surface area contributed by atoms with E-state index in [1.54, 1.807) is 12.1 Å². The van der Waals surface area contributed by atoms with Gasteiger partial charge in [0.25, 0.3) is 11.8 Å². The number of phenols is 1. The first-order valence-corrected chi connectivity index (χ1v) is 8.39. The number of rotatable bonds is 1. The van der Waals surface area contributed by atoms with E-state index < -0.39 is 11.8 Å². The van der Waals surface area contributed by atoms with Crippen LogP contribution in [0.15, 0.2) is 42.5 Å². The number of hydrogen-bond donors (Lipinski definition) is 1. The van der Waals surface area contributed by atoms with Gasteiger partial charge in [-0.05, 0) is 59.7 Å². The van der Waals surface area contributed by atoms with Crippen molar-refractivity contribution >= 4 is 39.9 Å². The Morgan fingerprint density at radius 3 is 2.04 bits per heavy atom. The molecule has 25 heavy (non-hydrogen) atoms. The van der Waals surface area contributed by atoms with E-state index in [0.717, 1.165) is 28.5 Å². The van der Waals surface area contributed by atoms with E-state index in [9.17, 15) is 14.7 Å². The molecular formula is C20H12ClNO3. The van der Waals surface area contributed by atoms with Crippen molar-refractivity contribution in [2.24, 2.45) is 0 Å². The van der Waals surface area contributed by atoms with E-state index in [2.05, 4.69) is 0 Å². The molecule has 1 aliphatic carbocycles. The van der Waals surface area contributed by atoms with Crippen molar-refractivity contribution in [3.63, 3.8) is 0 Å². The number of imide groups is 1. The minimum Gasteiger partial charge on any atom is -0.506 e. The number of amides is 2. The number of halogens is 1. The first-order valence-electron chi connectivity index (χ1n) is 8.01. The van der Waals surface area contributed by atoms with Gasteiger partial charge in [-0.3, -0.25) is 9.59 Å². The molecule has 5 rings (SSSR count). The molecule has 2 amide bonds. The fourth-order valence-electron chi connectivity index (χ4n) is 3.91. The topological polar surface area (TPSA) is 57.6 Å². The highest BCUT2D eigenvalue weighted by molar-refractivity contribution is 6.37. The Hall–Kier alpha value is -2.85. The van der Waals surface area contributed by atoms with Gasteiger partial charge < -0.3 is 5.11 Å². The molecule has 0 aromatic heterocycles. The van der Waals surface area contributed by atoms with Crippen LogP contribution in [0.2, 0.25) is 5.02 Å². The molecule has 122 valence electrons. The maximum atomic E-state index is 13.1. The number of anilines is 1. The normalized spacial score (nSPS) is 15.3. The van der Waals surface area contributed by atoms with Crippen molar-refractivity contribution in [2.75, 3.05) is 4.90 Å². The van der Waals surface area contributed by atoms with E-state index in [1.165, 1.54) is 29.3 Å². The van der Waals surface area contributed by atoms with Gasteiger partial charge >= 0.3 is 0 Å². The zero-order valence-electron chi connectivity index (χ0n) is 13.0. The number of benzene rings is 3. The highest BCUT2D eigenvalue weighted by atomic mass is 35.5. The summed E-state index contributed by atoms with van der Waals surface area (Å²) in [6.07, 6.45) is 1.85. The van der Waals surface area contributed by atoms with Crippen LogP contribution in [0.4, 0.5) is 5.69 Å². The Bertz CT molecular complexity index is 1060. The molecule has 4 nitrogen and oxygen atoms in total. The number of phenolic OH excluding ortho intramolecular Hbond substituents is 1. The van der Waals surface area contributed by atoms with Crippen LogP contribution in [0.25, 0.3) is 10.8 Å². The highest BCUT2D eigenvalue weighted by Gasteiger charge is 2.37. The quantitative estimate of drug-likeness (QED) is 0.673. The summed E-state index contributed by atoms with van der Waals surface area (Å²) >= 11 is 6.00. The summed E-state index contributed by atoms with van der Waals surface area (Å²) in [7, 11) is 0. The molecule has 1 heterocycles. The van der Waals surface area contributed by atoms with E-state index >= 15 is 0 Å². The summed E-state index contributed by atoms with van der Waals surface area (Å²) in [5, 5.41) is 12.3. The standard InChI is InChI=1S/C20H12ClNO3/c21-12-5-8-16(23)15(9-12)22-19(24)13-6-3-10-1-2-11-4-7-14(20(22)25)18(13)17(10)11/h3-9,23H,1-2H2. The highest BCUT2D eigenvalue weighted by Crippen LogP contribution is 2.41. The number of carbonyl (C=O) groups is 2. The van der Waals surface area contributed by atoms with Crippen molar-refractivity contribution in [3.8, 4) is 5.75 Å². The number of aromatic hydroxyl groups is 1. The molecule has 3 aromatic rings. The van der Waals surface area contributed by atoms with Crippen molar-refractivity contribution in [1.29, 1.82) is 0 Å². The zero-order valence-corrected chi connectivity index (χ0v) is 13.8. The van der Waals surface area contributed by atoms with Crippen LogP contribution in [-0.4, -0.2) is 16.9 Å². The lowest BCUT2D eigenvalue weighted by Gasteiger charge is -2.28. The van der Waals surface area contributed by atoms with E-state index in [0.29, 0.717) is 16.1 Å². The van der Waals surface area contributed by atoms with Crippen LogP contribution in [0.3, 0.4) is 0 Å². The first-order chi connectivity index (χ1) is 12.1. The van der Waals surface area contributed by atoms with Gasteiger partial charge in [0.05, 0.1) is 5.69 Å². The maximum absolute atomic E-state index is 13.1. The van der Waals surface area contributed by atoms with Gasteiger partial charge in [0, 0.05) is 21.5 Å². The number of hydrogen-bond acceptors (Lipinski definition) is 3. The van der Waals surface area contributed by atoms with Gasteiger partial charge in [-0.1, -0.05) is 23.7 Å². The van der Waals surface area contributed by atoms with Crippen LogP contribution in [0, 0.1) is 0 Å². The third-order valence-electron chi connectivity index (χ3n) is 5.04. The lowest BCUT2D eigenvalue weighted by Crippen LogP contribution is -2.40. The summed E-state index contributed by atoms with van der Waals surface area (Å²) in [5.74, 6) is -1.04. The van der Waals surface area contributed by atoms with Gasteiger partial charge in [-0.2, -0.15) is 0 Å². The monoisotopic (exact) mass is 349 g/mol. The molecule has 0 saturated heterocycles. The number of nitrogens with zero attached hydrogens (tertiary/aromatic N) is 1. The second-order valence-corrected chi connectivity index (χ2v) is 6.81. The van der Waals surface area contributed by atoms with Gasteiger partial charge in [0.1, 0.15) is 5.75 Å². The van der Waals surface area contributed by atoms with Crippen LogP contribution < -0.4 is 4.90 Å². The first kappa shape index (κ1) is 14.5. The lowest BCUT2D eigenvalue weighted by atomic mass is 9.91. The molecular weight excluding hydrogens is 338 g/mol. The third kappa shape index (κ3) is 1.83. The lowest BCUT2D eigenvalue weighted by molar-refractivity contribution is 0.0892. The van der Waals surface area contributed by atoms with Crippen molar-refractivity contribution in [3.05, 3.63) is 69.7 Å². The van der Waals surface area contributed by atoms with Gasteiger partial charge in [-0.15, -0.1) is 0 Å². The summed E-state index contributed by atoms with van der Waals surface area (Å²) in [5.41, 5.74) is 3.42. The molecule has 0 spiro atoms. The van der Waals surface area contributed by atoms with E-state index in [-0.39, 0.29) is 11.4 Å². The zero-order chi connectivity index (χ0) is 17.3. The van der Waals surface area contributed by atoms with Crippen LogP contribution >= 0.6 is 11.6 Å². The molecule has 0 radical (unpaired) electrons. The smallest absolute Gasteiger partial charge is 0.266 e. The molecule has 3 aromatic carbocycles. The Labute approximate surface area is 148 Å². The van der Waals surface area contributed by atoms with Gasteiger partial charge in [0.15, 0.2) is 0 Å². The Morgan fingerprint density at radius 1 is 0.840 bits per heavy atom. The SMILES string of the molecule is O=C1c2ccc3c4c(ccc(c24)C(=O)N1c1cc(Cl)ccc1O)CC3. The van der Waals surface area contributed by atoms with Gasteiger partial charge in [-0.25, -0.2) is 4.90 Å². The molecule has 5 heteroatoms. The third-order valence-corrected chi connectivity index (χ3v) is 5.28. The molecule has 0 bridgehead atoms. The van der Waals surface area contributed by atoms with Crippen LogP contribution in [0.5, 0.6) is 5.75 Å². The van der Waals surface area contributed by atoms with Crippen molar-refractivity contribution in [1.82, 2.24) is 0 Å². The van der Waals surface area contributed by atoms with Crippen LogP contribution in [0.1, 0.15) is 31.8 Å². The van der Waals surface area contributed by atoms with E-state index in [4.69, 9.17) is 11.6 Å². The van der Waals surface area contributed by atoms with Crippen molar-refractivity contribution in [2.45, 2.75) is 12.8 Å². The number of aryl methyl sites for hydroxylation is 2. The molecule has 0 atom stereocenters. The fourth-order valence-corrected chi connectivity index (χ4v) is 4.08. The number of carbonyl (C=O) groups excluding carboxylic acids is 2. The summed E-state index contributed by atoms with van der Waals surface area (Å²) in [6.45, 7) is 0. The largest absolute Gasteiger partial charge is 0.506 e. The predicted octanol–water partition coefficient (Wildman–Crippen LogP) is 4.10. The second-order valence-electron chi connectivity index (χ2n) is 6.37. The molecule has 1 N–H and O–H groups in total. The van der Waals surface area contributed by atoms with E-state index in [1.807, 2.05) is 12.1 Å². The second kappa shape index (κ2) is 4.83. The minimum absolute atomic E-state index is 0.101. The molecule has 0 saturated carbocycles. The molecule has 2 aliphatic rings. The molecule has 0 fully saturated rings. The van der Waals surface area contributed by atoms with Crippen LogP contribution in [-0.2, 0) is 12.8 Å². The van der Waals surface area contributed by atoms with Gasteiger partial charge in [0.2, 0.25) is 0 Å². The minimum atomic E-state index is -0.439. The predicted molar refractivity (Wildman–Crippen MR) is 95.6 cm³/mol. The summed E-state index contributed by atoms with van der Waals surface area (Å²) in [4.78, 5) is 27.2.